The Morgan fingerprint density at radius 3 is 2.74 bits per heavy atom. The fourth-order valence-electron chi connectivity index (χ4n) is 2.25. The van der Waals surface area contributed by atoms with Crippen LogP contribution in [0.4, 0.5) is 0 Å². The van der Waals surface area contributed by atoms with Gasteiger partial charge in [0.2, 0.25) is 5.91 Å². The van der Waals surface area contributed by atoms with Crippen LogP contribution in [0.3, 0.4) is 0 Å². The largest absolute Gasteiger partial charge is 0.481 e. The van der Waals surface area contributed by atoms with E-state index < -0.39 is 11.5 Å². The normalized spacial score (nSPS) is 17.1. The molecule has 1 aromatic heterocycles. The molecule has 0 radical (unpaired) electrons. The highest BCUT2D eigenvalue weighted by Crippen LogP contribution is 2.34. The molecule has 5 heteroatoms. The number of carbonyl (C=O) groups excluding carboxylic acids is 1. The number of hydrogen-bond donors (Lipinski definition) is 2. The molecule has 1 aliphatic carbocycles. The fraction of sp³-hybridized carbons (Fsp3) is 0.429. The van der Waals surface area contributed by atoms with Crippen molar-refractivity contribution >= 4 is 29.3 Å². The van der Waals surface area contributed by atoms with Crippen LogP contribution in [-0.4, -0.2) is 22.5 Å². The number of rotatable bonds is 5. The lowest BCUT2D eigenvalue weighted by Gasteiger charge is -2.41. The zero-order valence-electron chi connectivity index (χ0n) is 10.8. The molecule has 0 atom stereocenters. The van der Waals surface area contributed by atoms with Gasteiger partial charge in [-0.05, 0) is 49.3 Å². The van der Waals surface area contributed by atoms with Gasteiger partial charge in [0.15, 0.2) is 0 Å². The smallest absolute Gasteiger partial charge is 0.305 e. The minimum atomic E-state index is -0.863. The third-order valence-corrected chi connectivity index (χ3v) is 4.46. The molecule has 102 valence electrons. The van der Waals surface area contributed by atoms with Crippen molar-refractivity contribution in [3.8, 4) is 0 Å². The second-order valence-electron chi connectivity index (χ2n) is 4.99. The van der Waals surface area contributed by atoms with Gasteiger partial charge in [-0.2, -0.15) is 0 Å². The van der Waals surface area contributed by atoms with Crippen LogP contribution in [0.5, 0.6) is 0 Å². The molecule has 0 saturated heterocycles. The Labute approximate surface area is 116 Å². The van der Waals surface area contributed by atoms with Gasteiger partial charge in [-0.3, -0.25) is 9.59 Å². The van der Waals surface area contributed by atoms with Crippen molar-refractivity contribution in [1.82, 2.24) is 5.32 Å². The van der Waals surface area contributed by atoms with E-state index in [0.29, 0.717) is 0 Å². The van der Waals surface area contributed by atoms with Crippen LogP contribution < -0.4 is 5.32 Å². The maximum absolute atomic E-state index is 11.9. The first-order chi connectivity index (χ1) is 9.01. The van der Waals surface area contributed by atoms with Crippen LogP contribution in [0.1, 0.15) is 36.1 Å². The van der Waals surface area contributed by atoms with Crippen LogP contribution in [0.25, 0.3) is 6.08 Å². The molecule has 1 heterocycles. The Morgan fingerprint density at radius 1 is 1.53 bits per heavy atom. The maximum atomic E-state index is 11.9. The number of thiophene rings is 1. The molecule has 1 fully saturated rings. The number of carboxylic acid groups (broad SMARTS) is 1. The number of aryl methyl sites for hydroxylation is 1. The summed E-state index contributed by atoms with van der Waals surface area (Å²) in [6, 6.07) is 2.00. The zero-order chi connectivity index (χ0) is 13.9. The average molecular weight is 279 g/mol. The van der Waals surface area contributed by atoms with Crippen LogP contribution in [-0.2, 0) is 9.59 Å². The van der Waals surface area contributed by atoms with E-state index in [-0.39, 0.29) is 12.3 Å². The lowest BCUT2D eigenvalue weighted by atomic mass is 9.74. The van der Waals surface area contributed by atoms with E-state index >= 15 is 0 Å². The molecule has 2 rings (SSSR count). The van der Waals surface area contributed by atoms with Crippen molar-refractivity contribution < 1.29 is 14.7 Å². The van der Waals surface area contributed by atoms with E-state index in [2.05, 4.69) is 5.32 Å². The van der Waals surface area contributed by atoms with Gasteiger partial charge in [-0.15, -0.1) is 11.3 Å². The molecule has 1 saturated carbocycles. The van der Waals surface area contributed by atoms with Gasteiger partial charge in [0, 0.05) is 11.0 Å². The predicted molar refractivity (Wildman–Crippen MR) is 75.1 cm³/mol. The van der Waals surface area contributed by atoms with E-state index in [4.69, 9.17) is 5.11 Å². The number of aliphatic carboxylic acids is 1. The third-order valence-electron chi connectivity index (χ3n) is 3.48. The lowest BCUT2D eigenvalue weighted by Crippen LogP contribution is -2.54. The van der Waals surface area contributed by atoms with Gasteiger partial charge < -0.3 is 10.4 Å². The highest BCUT2D eigenvalue weighted by atomic mass is 32.1. The summed E-state index contributed by atoms with van der Waals surface area (Å²) in [6.45, 7) is 1.99. The number of hydrogen-bond acceptors (Lipinski definition) is 3. The molecular weight excluding hydrogens is 262 g/mol. The topological polar surface area (TPSA) is 66.4 Å². The Morgan fingerprint density at radius 2 is 2.26 bits per heavy atom. The van der Waals surface area contributed by atoms with Crippen LogP contribution in [0.2, 0.25) is 0 Å². The first-order valence-corrected chi connectivity index (χ1v) is 7.15. The quantitative estimate of drug-likeness (QED) is 0.814. The third kappa shape index (κ3) is 3.44. The first-order valence-electron chi connectivity index (χ1n) is 6.27. The Kier molecular flexibility index (Phi) is 4.04. The summed E-state index contributed by atoms with van der Waals surface area (Å²) in [5.41, 5.74) is 0.607. The minimum absolute atomic E-state index is 0.00457. The van der Waals surface area contributed by atoms with E-state index in [9.17, 15) is 9.59 Å². The number of amides is 1. The molecule has 0 aliphatic heterocycles. The molecule has 0 unspecified atom stereocenters. The molecule has 2 N–H and O–H groups in total. The molecule has 1 aliphatic rings. The van der Waals surface area contributed by atoms with Gasteiger partial charge in [0.1, 0.15) is 0 Å². The zero-order valence-corrected chi connectivity index (χ0v) is 11.6. The van der Waals surface area contributed by atoms with Crippen LogP contribution in [0.15, 0.2) is 17.5 Å². The number of nitrogens with one attached hydrogen (secondary N) is 1. The minimum Gasteiger partial charge on any atom is -0.481 e. The molecule has 0 bridgehead atoms. The molecular formula is C14H17NO3S. The van der Waals surface area contributed by atoms with Crippen molar-refractivity contribution in [2.24, 2.45) is 0 Å². The first kappa shape index (κ1) is 13.8. The van der Waals surface area contributed by atoms with E-state index in [1.165, 1.54) is 6.08 Å². The van der Waals surface area contributed by atoms with Crippen molar-refractivity contribution in [1.29, 1.82) is 0 Å². The summed E-state index contributed by atoms with van der Waals surface area (Å²) in [5.74, 6) is -1.08. The maximum Gasteiger partial charge on any atom is 0.305 e. The number of carboxylic acids is 1. The molecule has 4 nitrogen and oxygen atoms in total. The van der Waals surface area contributed by atoms with Gasteiger partial charge in [-0.25, -0.2) is 0 Å². The van der Waals surface area contributed by atoms with Crippen molar-refractivity contribution in [2.75, 3.05) is 0 Å². The van der Waals surface area contributed by atoms with Gasteiger partial charge in [0.25, 0.3) is 0 Å². The summed E-state index contributed by atoms with van der Waals surface area (Å²) in [4.78, 5) is 23.7. The van der Waals surface area contributed by atoms with E-state index in [0.717, 1.165) is 29.7 Å². The summed E-state index contributed by atoms with van der Waals surface area (Å²) < 4.78 is 0. The van der Waals surface area contributed by atoms with Gasteiger partial charge >= 0.3 is 5.97 Å². The summed E-state index contributed by atoms with van der Waals surface area (Å²) in [5, 5.41) is 13.7. The molecule has 1 amide bonds. The second-order valence-corrected chi connectivity index (χ2v) is 5.94. The fourth-order valence-corrected chi connectivity index (χ4v) is 3.07. The van der Waals surface area contributed by atoms with Crippen molar-refractivity contribution in [2.45, 2.75) is 38.1 Å². The summed E-state index contributed by atoms with van der Waals surface area (Å²) in [7, 11) is 0. The van der Waals surface area contributed by atoms with Crippen LogP contribution >= 0.6 is 11.3 Å². The van der Waals surface area contributed by atoms with Crippen molar-refractivity contribution in [3.63, 3.8) is 0 Å². The Balaban J connectivity index is 1.95. The highest BCUT2D eigenvalue weighted by Gasteiger charge is 2.39. The monoisotopic (exact) mass is 279 g/mol. The second kappa shape index (κ2) is 5.57. The van der Waals surface area contributed by atoms with Gasteiger partial charge in [0.05, 0.1) is 12.0 Å². The van der Waals surface area contributed by atoms with E-state index in [1.807, 2.05) is 18.4 Å². The molecule has 0 aromatic carbocycles. The Hall–Kier alpha value is -1.62. The van der Waals surface area contributed by atoms with Gasteiger partial charge in [-0.1, -0.05) is 0 Å². The predicted octanol–water partition coefficient (Wildman–Crippen LogP) is 2.58. The Bertz CT molecular complexity index is 515. The highest BCUT2D eigenvalue weighted by molar-refractivity contribution is 7.11. The summed E-state index contributed by atoms with van der Waals surface area (Å²) >= 11 is 1.58. The van der Waals surface area contributed by atoms with E-state index in [1.54, 1.807) is 17.4 Å². The average Bonchev–Trinajstić information content (AvgIpc) is 2.68. The standard InChI is InChI=1S/C14H17NO3S/c1-10-5-8-19-11(10)3-4-12(16)15-14(6-2-7-14)9-13(17)18/h3-5,8H,2,6-7,9H2,1H3,(H,15,16)(H,17,18). The molecule has 0 spiro atoms. The van der Waals surface area contributed by atoms with Crippen LogP contribution in [0, 0.1) is 6.92 Å². The lowest BCUT2D eigenvalue weighted by molar-refractivity contribution is -0.140. The SMILES string of the molecule is Cc1ccsc1C=CC(=O)NC1(CC(=O)O)CCC1. The number of carbonyl (C=O) groups is 2. The molecule has 1 aromatic rings. The molecule has 19 heavy (non-hydrogen) atoms. The van der Waals surface area contributed by atoms with Crippen molar-refractivity contribution in [3.05, 3.63) is 28.0 Å². The summed E-state index contributed by atoms with van der Waals surface area (Å²) in [6.07, 6.45) is 5.74.